The normalized spacial score (nSPS) is 15.4. The molecule has 0 aromatic rings. The van der Waals surface area contributed by atoms with Crippen LogP contribution in [-0.4, -0.2) is 46.7 Å². The van der Waals surface area contributed by atoms with Crippen LogP contribution in [0.1, 0.15) is 6.92 Å². The maximum atomic E-state index is 9.10. The molecule has 6 heteroatoms. The van der Waals surface area contributed by atoms with Crippen molar-refractivity contribution in [2.75, 3.05) is 19.6 Å². The monoisotopic (exact) mass is 221 g/mol. The van der Waals surface area contributed by atoms with Crippen LogP contribution in [0.25, 0.3) is 0 Å². The maximum Gasteiger partial charge on any atom is 0.414 e. The standard InChI is InChI=1S/C6H10ClN.C2H2O4/c1-6(7)2-3-8-4-5-8;3-1(4)2(5)6/h2H,3-5H2,1H3;(H,3,4)(H,5,6). The van der Waals surface area contributed by atoms with Gasteiger partial charge in [0.2, 0.25) is 0 Å². The van der Waals surface area contributed by atoms with Gasteiger partial charge >= 0.3 is 11.9 Å². The SMILES string of the molecule is CC(Cl)=CCN1CC1.O=C(O)C(=O)O. The molecule has 0 atom stereocenters. The van der Waals surface area contributed by atoms with Gasteiger partial charge in [-0.15, -0.1) is 0 Å². The number of carboxylic acids is 2. The summed E-state index contributed by atoms with van der Waals surface area (Å²) in [6, 6.07) is 0. The highest BCUT2D eigenvalue weighted by atomic mass is 35.5. The Morgan fingerprint density at radius 2 is 1.79 bits per heavy atom. The van der Waals surface area contributed by atoms with Gasteiger partial charge in [-0.1, -0.05) is 17.7 Å². The Morgan fingerprint density at radius 1 is 1.36 bits per heavy atom. The molecule has 1 rings (SSSR count). The van der Waals surface area contributed by atoms with Crippen molar-refractivity contribution < 1.29 is 19.8 Å². The van der Waals surface area contributed by atoms with E-state index in [2.05, 4.69) is 4.90 Å². The largest absolute Gasteiger partial charge is 0.473 e. The lowest BCUT2D eigenvalue weighted by atomic mass is 10.5. The summed E-state index contributed by atoms with van der Waals surface area (Å²) in [5.74, 6) is -3.65. The van der Waals surface area contributed by atoms with E-state index in [9.17, 15) is 0 Å². The Kier molecular flexibility index (Phi) is 5.91. The minimum absolute atomic E-state index is 0.900. The summed E-state index contributed by atoms with van der Waals surface area (Å²) in [6.45, 7) is 5.45. The minimum atomic E-state index is -1.82. The molecule has 0 aromatic heterocycles. The number of allylic oxidation sites excluding steroid dienone is 1. The van der Waals surface area contributed by atoms with E-state index < -0.39 is 11.9 Å². The first kappa shape index (κ1) is 12.9. The molecule has 5 nitrogen and oxygen atoms in total. The summed E-state index contributed by atoms with van der Waals surface area (Å²) in [5, 5.41) is 15.7. The fourth-order valence-corrected chi connectivity index (χ4v) is 0.577. The zero-order chi connectivity index (χ0) is 11.1. The second-order valence-corrected chi connectivity index (χ2v) is 3.30. The molecular weight excluding hydrogens is 210 g/mol. The second-order valence-electron chi connectivity index (χ2n) is 2.70. The molecule has 14 heavy (non-hydrogen) atoms. The topological polar surface area (TPSA) is 77.6 Å². The van der Waals surface area contributed by atoms with Gasteiger partial charge in [-0.3, -0.25) is 4.90 Å². The van der Waals surface area contributed by atoms with E-state index in [4.69, 9.17) is 31.4 Å². The van der Waals surface area contributed by atoms with Crippen molar-refractivity contribution in [3.8, 4) is 0 Å². The number of nitrogens with zero attached hydrogens (tertiary/aromatic N) is 1. The highest BCUT2D eigenvalue weighted by Crippen LogP contribution is 2.05. The van der Waals surface area contributed by atoms with Gasteiger partial charge in [0, 0.05) is 24.7 Å². The predicted molar refractivity (Wildman–Crippen MR) is 51.3 cm³/mol. The van der Waals surface area contributed by atoms with Crippen molar-refractivity contribution in [1.29, 1.82) is 0 Å². The van der Waals surface area contributed by atoms with Gasteiger partial charge in [-0.2, -0.15) is 0 Å². The van der Waals surface area contributed by atoms with Crippen molar-refractivity contribution in [2.24, 2.45) is 0 Å². The third kappa shape index (κ3) is 9.02. The van der Waals surface area contributed by atoms with E-state index in [0.29, 0.717) is 0 Å². The van der Waals surface area contributed by atoms with Gasteiger partial charge in [-0.25, -0.2) is 9.59 Å². The molecule has 0 bridgehead atoms. The average Bonchev–Trinajstić information content (AvgIpc) is 2.84. The third-order valence-electron chi connectivity index (χ3n) is 1.35. The highest BCUT2D eigenvalue weighted by molar-refractivity contribution is 6.29. The van der Waals surface area contributed by atoms with Gasteiger partial charge in [0.1, 0.15) is 0 Å². The molecule has 80 valence electrons. The van der Waals surface area contributed by atoms with Crippen molar-refractivity contribution in [1.82, 2.24) is 4.90 Å². The number of aliphatic carboxylic acids is 2. The van der Waals surface area contributed by atoms with Crippen LogP contribution in [0.3, 0.4) is 0 Å². The lowest BCUT2D eigenvalue weighted by molar-refractivity contribution is -0.159. The Hall–Kier alpha value is -1.07. The lowest BCUT2D eigenvalue weighted by Gasteiger charge is -1.89. The first-order chi connectivity index (χ1) is 6.43. The molecule has 1 aliphatic heterocycles. The van der Waals surface area contributed by atoms with Gasteiger partial charge < -0.3 is 10.2 Å². The van der Waals surface area contributed by atoms with E-state index in [0.717, 1.165) is 11.6 Å². The van der Waals surface area contributed by atoms with Gasteiger partial charge in [0.25, 0.3) is 0 Å². The third-order valence-corrected chi connectivity index (χ3v) is 1.51. The highest BCUT2D eigenvalue weighted by Gasteiger charge is 2.13. The van der Waals surface area contributed by atoms with E-state index >= 15 is 0 Å². The van der Waals surface area contributed by atoms with Crippen molar-refractivity contribution in [3.05, 3.63) is 11.1 Å². The van der Waals surface area contributed by atoms with Crippen LogP contribution in [0.4, 0.5) is 0 Å². The molecule has 1 heterocycles. The summed E-state index contributed by atoms with van der Waals surface area (Å²) >= 11 is 5.58. The number of carbonyl (C=O) groups is 2. The predicted octanol–water partition coefficient (Wildman–Crippen LogP) is 0.600. The quantitative estimate of drug-likeness (QED) is 0.528. The van der Waals surface area contributed by atoms with E-state index in [-0.39, 0.29) is 0 Å². The van der Waals surface area contributed by atoms with Crippen LogP contribution >= 0.6 is 11.6 Å². The van der Waals surface area contributed by atoms with Crippen molar-refractivity contribution in [3.63, 3.8) is 0 Å². The second kappa shape index (κ2) is 6.39. The van der Waals surface area contributed by atoms with Crippen LogP contribution in [0, 0.1) is 0 Å². The lowest BCUT2D eigenvalue weighted by Crippen LogP contribution is -2.09. The molecule has 1 saturated heterocycles. The molecular formula is C8H12ClNO4. The maximum absolute atomic E-state index is 9.10. The molecule has 0 aliphatic carbocycles. The first-order valence-corrected chi connectivity index (χ1v) is 4.32. The summed E-state index contributed by atoms with van der Waals surface area (Å²) in [7, 11) is 0. The van der Waals surface area contributed by atoms with Crippen LogP contribution in [0.15, 0.2) is 11.1 Å². The fraction of sp³-hybridized carbons (Fsp3) is 0.500. The minimum Gasteiger partial charge on any atom is -0.473 e. The van der Waals surface area contributed by atoms with Gasteiger partial charge in [0.05, 0.1) is 0 Å². The van der Waals surface area contributed by atoms with E-state index in [1.807, 2.05) is 13.0 Å². The van der Waals surface area contributed by atoms with E-state index in [1.165, 1.54) is 13.1 Å². The van der Waals surface area contributed by atoms with Crippen molar-refractivity contribution in [2.45, 2.75) is 6.92 Å². The Morgan fingerprint density at radius 3 is 2.00 bits per heavy atom. The van der Waals surface area contributed by atoms with Gasteiger partial charge in [0.15, 0.2) is 0 Å². The molecule has 0 saturated carbocycles. The molecule has 0 spiro atoms. The van der Waals surface area contributed by atoms with Crippen LogP contribution in [0.5, 0.6) is 0 Å². The molecule has 1 aliphatic rings. The smallest absolute Gasteiger partial charge is 0.414 e. The number of hydrogen-bond donors (Lipinski definition) is 2. The van der Waals surface area contributed by atoms with Crippen LogP contribution < -0.4 is 0 Å². The number of carboxylic acid groups (broad SMARTS) is 2. The number of halogens is 1. The summed E-state index contributed by atoms with van der Waals surface area (Å²) in [6.07, 6.45) is 2.04. The Bertz CT molecular complexity index is 232. The summed E-state index contributed by atoms with van der Waals surface area (Å²) in [5.41, 5.74) is 0. The van der Waals surface area contributed by atoms with Crippen LogP contribution in [-0.2, 0) is 9.59 Å². The Balaban J connectivity index is 0.000000255. The van der Waals surface area contributed by atoms with Crippen LogP contribution in [0.2, 0.25) is 0 Å². The average molecular weight is 222 g/mol. The molecule has 0 amide bonds. The van der Waals surface area contributed by atoms with Crippen molar-refractivity contribution >= 4 is 23.5 Å². The molecule has 1 fully saturated rings. The molecule has 0 radical (unpaired) electrons. The van der Waals surface area contributed by atoms with E-state index in [1.54, 1.807) is 0 Å². The zero-order valence-electron chi connectivity index (χ0n) is 7.73. The number of rotatable bonds is 2. The fourth-order valence-electron chi connectivity index (χ4n) is 0.508. The molecule has 0 unspecified atom stereocenters. The summed E-state index contributed by atoms with van der Waals surface area (Å²) in [4.78, 5) is 20.5. The van der Waals surface area contributed by atoms with Gasteiger partial charge in [-0.05, 0) is 6.92 Å². The molecule has 2 N–H and O–H groups in total. The Labute approximate surface area is 86.6 Å². The zero-order valence-corrected chi connectivity index (χ0v) is 8.49. The summed E-state index contributed by atoms with van der Waals surface area (Å²) < 4.78 is 0. The molecule has 0 aromatic carbocycles. The number of hydrogen-bond acceptors (Lipinski definition) is 3. The first-order valence-electron chi connectivity index (χ1n) is 3.94.